The number of carbonyl (C=O) groups is 1. The molecule has 1 atom stereocenters. The summed E-state index contributed by atoms with van der Waals surface area (Å²) in [6.45, 7) is 6.74. The van der Waals surface area contributed by atoms with Crippen molar-refractivity contribution in [3.8, 4) is 5.75 Å². The number of guanidine groups is 1. The van der Waals surface area contributed by atoms with Crippen LogP contribution >= 0.6 is 0 Å². The Kier molecular flexibility index (Phi) is 10.2. The molecule has 0 bridgehead atoms. The van der Waals surface area contributed by atoms with Gasteiger partial charge in [-0.2, -0.15) is 0 Å². The van der Waals surface area contributed by atoms with Gasteiger partial charge in [0.1, 0.15) is 12.4 Å². The van der Waals surface area contributed by atoms with E-state index in [9.17, 15) is 4.79 Å². The molecule has 30 heavy (non-hydrogen) atoms. The van der Waals surface area contributed by atoms with E-state index in [1.165, 1.54) is 12.5 Å². The van der Waals surface area contributed by atoms with Gasteiger partial charge in [0.25, 0.3) is 0 Å². The summed E-state index contributed by atoms with van der Waals surface area (Å²) in [5.41, 5.74) is 1.90. The fourth-order valence-corrected chi connectivity index (χ4v) is 2.71. The number of benzene rings is 2. The van der Waals surface area contributed by atoms with Crippen LogP contribution in [0.1, 0.15) is 19.4 Å². The number of hydrogen-bond acceptors (Lipinski definition) is 4. The maximum atomic E-state index is 11.1. The summed E-state index contributed by atoms with van der Waals surface area (Å²) >= 11 is 0. The van der Waals surface area contributed by atoms with Crippen molar-refractivity contribution in [1.29, 1.82) is 0 Å². The van der Waals surface area contributed by atoms with E-state index in [2.05, 4.69) is 40.0 Å². The number of nitrogens with one attached hydrogen (secondary N) is 3. The summed E-state index contributed by atoms with van der Waals surface area (Å²) < 4.78 is 11.5. The van der Waals surface area contributed by atoms with Crippen molar-refractivity contribution in [2.75, 3.05) is 38.7 Å². The van der Waals surface area contributed by atoms with E-state index in [1.54, 1.807) is 13.1 Å². The third-order valence-corrected chi connectivity index (χ3v) is 4.17. The van der Waals surface area contributed by atoms with E-state index in [0.29, 0.717) is 43.7 Å². The first kappa shape index (κ1) is 23.2. The molecule has 1 unspecified atom stereocenters. The summed E-state index contributed by atoms with van der Waals surface area (Å²) in [5.74, 6) is 1.67. The number of amides is 1. The lowest BCUT2D eigenvalue weighted by Crippen LogP contribution is -2.41. The average Bonchev–Trinajstić information content (AvgIpc) is 2.74. The minimum Gasteiger partial charge on any atom is -0.492 e. The lowest BCUT2D eigenvalue weighted by atomic mass is 10.2. The molecule has 7 heteroatoms. The SMILES string of the molecule is CN=C(NCCOc1cccc(NC(C)=O)c1)NCC(C)COCc1ccccc1. The number of rotatable bonds is 11. The Morgan fingerprint density at radius 2 is 1.90 bits per heavy atom. The highest BCUT2D eigenvalue weighted by molar-refractivity contribution is 5.88. The minimum absolute atomic E-state index is 0.108. The summed E-state index contributed by atoms with van der Waals surface area (Å²) in [4.78, 5) is 15.4. The second-order valence-corrected chi connectivity index (χ2v) is 7.04. The second-order valence-electron chi connectivity index (χ2n) is 7.04. The monoisotopic (exact) mass is 412 g/mol. The van der Waals surface area contributed by atoms with Gasteiger partial charge in [0.05, 0.1) is 19.8 Å². The second kappa shape index (κ2) is 13.2. The lowest BCUT2D eigenvalue weighted by molar-refractivity contribution is -0.114. The summed E-state index contributed by atoms with van der Waals surface area (Å²) in [7, 11) is 1.74. The zero-order chi connectivity index (χ0) is 21.6. The summed E-state index contributed by atoms with van der Waals surface area (Å²) in [5, 5.41) is 9.27. The van der Waals surface area contributed by atoms with Crippen LogP contribution in [0, 0.1) is 5.92 Å². The van der Waals surface area contributed by atoms with Crippen molar-refractivity contribution in [2.24, 2.45) is 10.9 Å². The Balaban J connectivity index is 1.61. The number of carbonyl (C=O) groups excluding carboxylic acids is 1. The molecule has 0 saturated carbocycles. The molecule has 0 heterocycles. The van der Waals surface area contributed by atoms with E-state index in [-0.39, 0.29) is 5.91 Å². The molecule has 3 N–H and O–H groups in total. The third-order valence-electron chi connectivity index (χ3n) is 4.17. The van der Waals surface area contributed by atoms with Gasteiger partial charge in [0, 0.05) is 32.3 Å². The van der Waals surface area contributed by atoms with Crippen molar-refractivity contribution in [1.82, 2.24) is 10.6 Å². The van der Waals surface area contributed by atoms with Crippen LogP contribution in [0.2, 0.25) is 0 Å². The molecule has 0 spiro atoms. The molecule has 2 aromatic rings. The third kappa shape index (κ3) is 9.43. The van der Waals surface area contributed by atoms with Crippen molar-refractivity contribution < 1.29 is 14.3 Å². The maximum absolute atomic E-state index is 11.1. The maximum Gasteiger partial charge on any atom is 0.221 e. The molecule has 0 aliphatic rings. The molecular formula is C23H32N4O3. The predicted molar refractivity (Wildman–Crippen MR) is 121 cm³/mol. The molecule has 2 aromatic carbocycles. The summed E-state index contributed by atoms with van der Waals surface area (Å²) in [6, 6.07) is 17.5. The predicted octanol–water partition coefficient (Wildman–Crippen LogP) is 3.04. The molecule has 162 valence electrons. The normalized spacial score (nSPS) is 12.2. The van der Waals surface area contributed by atoms with E-state index in [1.807, 2.05) is 36.4 Å². The van der Waals surface area contributed by atoms with Crippen molar-refractivity contribution in [3.05, 3.63) is 60.2 Å². The van der Waals surface area contributed by atoms with Gasteiger partial charge in [-0.15, -0.1) is 0 Å². The first-order chi connectivity index (χ1) is 14.6. The highest BCUT2D eigenvalue weighted by atomic mass is 16.5. The van der Waals surface area contributed by atoms with Crippen LogP contribution < -0.4 is 20.7 Å². The van der Waals surface area contributed by atoms with E-state index >= 15 is 0 Å². The number of anilines is 1. The molecule has 0 aromatic heterocycles. The minimum atomic E-state index is -0.108. The smallest absolute Gasteiger partial charge is 0.221 e. The van der Waals surface area contributed by atoms with Crippen LogP contribution in [0.4, 0.5) is 5.69 Å². The molecule has 7 nitrogen and oxygen atoms in total. The first-order valence-corrected chi connectivity index (χ1v) is 10.1. The van der Waals surface area contributed by atoms with Gasteiger partial charge in [0.2, 0.25) is 5.91 Å². The Bertz CT molecular complexity index is 796. The zero-order valence-corrected chi connectivity index (χ0v) is 18.0. The molecule has 0 radical (unpaired) electrons. The van der Waals surface area contributed by atoms with Crippen molar-refractivity contribution >= 4 is 17.6 Å². The van der Waals surface area contributed by atoms with Crippen LogP contribution in [-0.4, -0.2) is 45.2 Å². The van der Waals surface area contributed by atoms with Crippen molar-refractivity contribution in [3.63, 3.8) is 0 Å². The summed E-state index contributed by atoms with van der Waals surface area (Å²) in [6.07, 6.45) is 0. The van der Waals surface area contributed by atoms with E-state index in [0.717, 1.165) is 12.5 Å². The number of aliphatic imine (C=N–C) groups is 1. The average molecular weight is 413 g/mol. The standard InChI is InChI=1S/C23H32N4O3/c1-18(16-29-17-20-8-5-4-6-9-20)15-26-23(24-3)25-12-13-30-22-11-7-10-21(14-22)27-19(2)28/h4-11,14,18H,12-13,15-17H2,1-3H3,(H,27,28)(H2,24,25,26). The fourth-order valence-electron chi connectivity index (χ4n) is 2.71. The van der Waals surface area contributed by atoms with Crippen LogP contribution in [0.15, 0.2) is 59.6 Å². The van der Waals surface area contributed by atoms with Gasteiger partial charge in [-0.1, -0.05) is 43.3 Å². The zero-order valence-electron chi connectivity index (χ0n) is 18.0. The molecule has 0 aliphatic heterocycles. The van der Waals surface area contributed by atoms with Crippen LogP contribution in [-0.2, 0) is 16.1 Å². The van der Waals surface area contributed by atoms with Gasteiger partial charge >= 0.3 is 0 Å². The van der Waals surface area contributed by atoms with Gasteiger partial charge in [0.15, 0.2) is 5.96 Å². The fraction of sp³-hybridized carbons (Fsp3) is 0.391. The molecule has 0 aliphatic carbocycles. The topological polar surface area (TPSA) is 84.0 Å². The number of nitrogens with zero attached hydrogens (tertiary/aromatic N) is 1. The number of ether oxygens (including phenoxy) is 2. The molecule has 2 rings (SSSR count). The highest BCUT2D eigenvalue weighted by Gasteiger charge is 2.05. The Morgan fingerprint density at radius 1 is 1.10 bits per heavy atom. The first-order valence-electron chi connectivity index (χ1n) is 10.1. The number of hydrogen-bond donors (Lipinski definition) is 3. The highest BCUT2D eigenvalue weighted by Crippen LogP contribution is 2.17. The largest absolute Gasteiger partial charge is 0.492 e. The van der Waals surface area contributed by atoms with Gasteiger partial charge in [-0.3, -0.25) is 9.79 Å². The van der Waals surface area contributed by atoms with Crippen molar-refractivity contribution in [2.45, 2.75) is 20.5 Å². The van der Waals surface area contributed by atoms with Gasteiger partial charge < -0.3 is 25.4 Å². The Hall–Kier alpha value is -3.06. The van der Waals surface area contributed by atoms with Gasteiger partial charge in [-0.05, 0) is 23.6 Å². The van der Waals surface area contributed by atoms with E-state index in [4.69, 9.17) is 9.47 Å². The van der Waals surface area contributed by atoms with E-state index < -0.39 is 0 Å². The Morgan fingerprint density at radius 3 is 2.63 bits per heavy atom. The molecule has 0 saturated heterocycles. The lowest BCUT2D eigenvalue weighted by Gasteiger charge is -2.16. The Labute approximate surface area is 178 Å². The molecule has 0 fully saturated rings. The van der Waals surface area contributed by atoms with Crippen LogP contribution in [0.5, 0.6) is 5.75 Å². The van der Waals surface area contributed by atoms with Crippen LogP contribution in [0.3, 0.4) is 0 Å². The molecule has 1 amide bonds. The van der Waals surface area contributed by atoms with Gasteiger partial charge in [-0.25, -0.2) is 0 Å². The quantitative estimate of drug-likeness (QED) is 0.300. The van der Waals surface area contributed by atoms with Crippen LogP contribution in [0.25, 0.3) is 0 Å². The molecular weight excluding hydrogens is 380 g/mol.